The van der Waals surface area contributed by atoms with Crippen LogP contribution in [0, 0.1) is 0 Å². The standard InChI is InChI=1S/C14H19NO4S/c1-11(16)10-12-4-3-9-15(12)20(17,18)14-7-5-13(19-2)6-8-14/h5-8,12H,3-4,9-10H2,1-2H3. The summed E-state index contributed by atoms with van der Waals surface area (Å²) < 4.78 is 31.7. The fraction of sp³-hybridized carbons (Fsp3) is 0.500. The van der Waals surface area contributed by atoms with E-state index in [1.165, 1.54) is 30.5 Å². The zero-order valence-corrected chi connectivity index (χ0v) is 12.5. The summed E-state index contributed by atoms with van der Waals surface area (Å²) in [6.45, 7) is 1.98. The van der Waals surface area contributed by atoms with Crippen molar-refractivity contribution in [2.24, 2.45) is 0 Å². The lowest BCUT2D eigenvalue weighted by Crippen LogP contribution is -2.36. The maximum absolute atomic E-state index is 12.6. The molecule has 110 valence electrons. The van der Waals surface area contributed by atoms with Crippen LogP contribution in [-0.2, 0) is 14.8 Å². The Morgan fingerprint density at radius 2 is 2.00 bits per heavy atom. The van der Waals surface area contributed by atoms with Crippen LogP contribution < -0.4 is 4.74 Å². The molecule has 1 unspecified atom stereocenters. The number of Topliss-reactive ketones (excluding diaryl/α,β-unsaturated/α-hetero) is 1. The minimum Gasteiger partial charge on any atom is -0.497 e. The highest BCUT2D eigenvalue weighted by atomic mass is 32.2. The van der Waals surface area contributed by atoms with Crippen LogP contribution in [0.25, 0.3) is 0 Å². The van der Waals surface area contributed by atoms with Gasteiger partial charge < -0.3 is 4.74 Å². The maximum Gasteiger partial charge on any atom is 0.243 e. The molecule has 0 saturated carbocycles. The van der Waals surface area contributed by atoms with Gasteiger partial charge >= 0.3 is 0 Å². The number of benzene rings is 1. The number of methoxy groups -OCH3 is 1. The van der Waals surface area contributed by atoms with Crippen molar-refractivity contribution in [3.05, 3.63) is 24.3 Å². The van der Waals surface area contributed by atoms with Gasteiger partial charge in [-0.25, -0.2) is 8.42 Å². The third kappa shape index (κ3) is 3.02. The second-order valence-corrected chi connectivity index (χ2v) is 6.88. The molecule has 1 aliphatic rings. The Labute approximate surface area is 119 Å². The molecule has 0 aliphatic carbocycles. The van der Waals surface area contributed by atoms with Gasteiger partial charge in [-0.15, -0.1) is 0 Å². The summed E-state index contributed by atoms with van der Waals surface area (Å²) >= 11 is 0. The van der Waals surface area contributed by atoms with Gasteiger partial charge in [-0.3, -0.25) is 4.79 Å². The number of sulfonamides is 1. The van der Waals surface area contributed by atoms with E-state index in [9.17, 15) is 13.2 Å². The second kappa shape index (κ2) is 5.93. The van der Waals surface area contributed by atoms with Crippen LogP contribution in [0.4, 0.5) is 0 Å². The van der Waals surface area contributed by atoms with Crippen LogP contribution in [0.3, 0.4) is 0 Å². The number of ketones is 1. The van der Waals surface area contributed by atoms with Crippen LogP contribution in [0.5, 0.6) is 5.75 Å². The van der Waals surface area contributed by atoms with Crippen LogP contribution in [-0.4, -0.2) is 38.2 Å². The van der Waals surface area contributed by atoms with Gasteiger partial charge in [-0.2, -0.15) is 4.31 Å². The molecule has 1 aliphatic heterocycles. The first kappa shape index (κ1) is 15.0. The molecular formula is C14H19NO4S. The SMILES string of the molecule is COc1ccc(S(=O)(=O)N2CCCC2CC(C)=O)cc1. The third-order valence-electron chi connectivity index (χ3n) is 3.51. The van der Waals surface area contributed by atoms with Gasteiger partial charge in [0.05, 0.1) is 12.0 Å². The lowest BCUT2D eigenvalue weighted by atomic mass is 10.1. The Kier molecular flexibility index (Phi) is 4.45. The van der Waals surface area contributed by atoms with Crippen molar-refractivity contribution in [3.63, 3.8) is 0 Å². The molecule has 1 heterocycles. The average molecular weight is 297 g/mol. The highest BCUT2D eigenvalue weighted by Gasteiger charge is 2.35. The fourth-order valence-corrected chi connectivity index (χ4v) is 4.24. The third-order valence-corrected chi connectivity index (χ3v) is 5.48. The predicted octanol–water partition coefficient (Wildman–Crippen LogP) is 1.83. The number of nitrogens with zero attached hydrogens (tertiary/aromatic N) is 1. The molecule has 1 atom stereocenters. The molecule has 1 aromatic rings. The van der Waals surface area contributed by atoms with Gasteiger partial charge in [0, 0.05) is 19.0 Å². The van der Waals surface area contributed by atoms with Crippen molar-refractivity contribution in [2.45, 2.75) is 37.1 Å². The Balaban J connectivity index is 2.26. The average Bonchev–Trinajstić information content (AvgIpc) is 2.87. The lowest BCUT2D eigenvalue weighted by molar-refractivity contribution is -0.117. The number of carbonyl (C=O) groups excluding carboxylic acids is 1. The Morgan fingerprint density at radius 3 is 2.55 bits per heavy atom. The summed E-state index contributed by atoms with van der Waals surface area (Å²) in [6, 6.07) is 6.13. The molecule has 1 fully saturated rings. The molecule has 0 radical (unpaired) electrons. The smallest absolute Gasteiger partial charge is 0.243 e. The zero-order valence-electron chi connectivity index (χ0n) is 11.7. The van der Waals surface area contributed by atoms with E-state index in [4.69, 9.17) is 4.74 Å². The fourth-order valence-electron chi connectivity index (χ4n) is 2.54. The first-order valence-corrected chi connectivity index (χ1v) is 8.04. The molecule has 6 heteroatoms. The van der Waals surface area contributed by atoms with E-state index in [0.29, 0.717) is 12.3 Å². The molecule has 0 N–H and O–H groups in total. The van der Waals surface area contributed by atoms with Gasteiger partial charge in [0.1, 0.15) is 11.5 Å². The normalized spacial score (nSPS) is 20.0. The first-order valence-electron chi connectivity index (χ1n) is 6.60. The number of carbonyl (C=O) groups is 1. The maximum atomic E-state index is 12.6. The molecule has 2 rings (SSSR count). The van der Waals surface area contributed by atoms with Crippen LogP contribution in [0.2, 0.25) is 0 Å². The number of ether oxygens (including phenoxy) is 1. The molecule has 0 amide bonds. The van der Waals surface area contributed by atoms with Gasteiger partial charge in [0.25, 0.3) is 0 Å². The summed E-state index contributed by atoms with van der Waals surface area (Å²) in [5.41, 5.74) is 0. The molecule has 20 heavy (non-hydrogen) atoms. The zero-order chi connectivity index (χ0) is 14.8. The summed E-state index contributed by atoms with van der Waals surface area (Å²) in [7, 11) is -2.00. The minimum atomic E-state index is -3.53. The minimum absolute atomic E-state index is 0.0202. The molecule has 0 bridgehead atoms. The van der Waals surface area contributed by atoms with Crippen molar-refractivity contribution >= 4 is 15.8 Å². The molecule has 0 aromatic heterocycles. The van der Waals surface area contributed by atoms with Crippen molar-refractivity contribution in [1.82, 2.24) is 4.31 Å². The number of hydrogen-bond acceptors (Lipinski definition) is 4. The van der Waals surface area contributed by atoms with Crippen LogP contribution in [0.1, 0.15) is 26.2 Å². The Morgan fingerprint density at radius 1 is 1.35 bits per heavy atom. The van der Waals surface area contributed by atoms with Gasteiger partial charge in [-0.05, 0) is 44.0 Å². The van der Waals surface area contributed by atoms with E-state index in [2.05, 4.69) is 0 Å². The Hall–Kier alpha value is -1.40. The molecule has 1 saturated heterocycles. The topological polar surface area (TPSA) is 63.7 Å². The quantitative estimate of drug-likeness (QED) is 0.831. The van der Waals surface area contributed by atoms with Gasteiger partial charge in [-0.1, -0.05) is 0 Å². The summed E-state index contributed by atoms with van der Waals surface area (Å²) in [6.07, 6.45) is 1.83. The van der Waals surface area contributed by atoms with E-state index in [0.717, 1.165) is 12.8 Å². The van der Waals surface area contributed by atoms with Crippen molar-refractivity contribution in [2.75, 3.05) is 13.7 Å². The predicted molar refractivity (Wildman–Crippen MR) is 75.2 cm³/mol. The number of rotatable bonds is 5. The largest absolute Gasteiger partial charge is 0.497 e. The van der Waals surface area contributed by atoms with E-state index >= 15 is 0 Å². The van der Waals surface area contributed by atoms with E-state index in [1.807, 2.05) is 0 Å². The molecule has 5 nitrogen and oxygen atoms in total. The number of hydrogen-bond donors (Lipinski definition) is 0. The van der Waals surface area contributed by atoms with E-state index in [-0.39, 0.29) is 23.1 Å². The monoisotopic (exact) mass is 297 g/mol. The Bertz CT molecular complexity index is 580. The van der Waals surface area contributed by atoms with Crippen molar-refractivity contribution in [3.8, 4) is 5.75 Å². The molecular weight excluding hydrogens is 278 g/mol. The summed E-state index contributed by atoms with van der Waals surface area (Å²) in [5.74, 6) is 0.637. The van der Waals surface area contributed by atoms with Crippen molar-refractivity contribution < 1.29 is 17.9 Å². The second-order valence-electron chi connectivity index (χ2n) is 4.99. The summed E-state index contributed by atoms with van der Waals surface area (Å²) in [4.78, 5) is 11.5. The highest BCUT2D eigenvalue weighted by Crippen LogP contribution is 2.28. The van der Waals surface area contributed by atoms with Crippen LogP contribution in [0.15, 0.2) is 29.2 Å². The molecule has 0 spiro atoms. The van der Waals surface area contributed by atoms with Crippen LogP contribution >= 0.6 is 0 Å². The molecule has 1 aromatic carbocycles. The highest BCUT2D eigenvalue weighted by molar-refractivity contribution is 7.89. The van der Waals surface area contributed by atoms with E-state index in [1.54, 1.807) is 12.1 Å². The summed E-state index contributed by atoms with van der Waals surface area (Å²) in [5, 5.41) is 0. The lowest BCUT2D eigenvalue weighted by Gasteiger charge is -2.23. The van der Waals surface area contributed by atoms with Gasteiger partial charge in [0.2, 0.25) is 10.0 Å². The first-order chi connectivity index (χ1) is 9.45. The van der Waals surface area contributed by atoms with E-state index < -0.39 is 10.0 Å². The van der Waals surface area contributed by atoms with Gasteiger partial charge in [0.15, 0.2) is 0 Å². The van der Waals surface area contributed by atoms with Crippen molar-refractivity contribution in [1.29, 1.82) is 0 Å².